The molecule has 27 heavy (non-hydrogen) atoms. The maximum absolute atomic E-state index is 5.60. The molecule has 0 unspecified atom stereocenters. The predicted molar refractivity (Wildman–Crippen MR) is 106 cm³/mol. The first-order valence-corrected chi connectivity index (χ1v) is 8.92. The molecular formula is C20H21NO5S. The minimum atomic E-state index is 0.466. The molecule has 6 nitrogen and oxygen atoms in total. The Kier molecular flexibility index (Phi) is 5.71. The summed E-state index contributed by atoms with van der Waals surface area (Å²) in [7, 11) is 7.94. The summed E-state index contributed by atoms with van der Waals surface area (Å²) in [6, 6.07) is 11.7. The number of nitrogens with zero attached hydrogens (tertiary/aromatic N) is 1. The molecule has 0 amide bonds. The second-order valence-corrected chi connectivity index (χ2v) is 6.34. The SMILES string of the molecule is COc1ccc(-c2cc(-c3cc(OC)c(OC)c(OC)c3OC)ns2)cc1. The Balaban J connectivity index is 2.09. The molecule has 0 N–H and O–H groups in total. The highest BCUT2D eigenvalue weighted by Gasteiger charge is 2.23. The van der Waals surface area contributed by atoms with Crippen molar-refractivity contribution in [1.29, 1.82) is 0 Å². The number of hydrogen-bond donors (Lipinski definition) is 0. The molecule has 0 aliphatic rings. The number of aromatic nitrogens is 1. The van der Waals surface area contributed by atoms with Gasteiger partial charge in [0.25, 0.3) is 0 Å². The summed E-state index contributed by atoms with van der Waals surface area (Å²) in [5, 5.41) is 0. The molecule has 3 rings (SSSR count). The van der Waals surface area contributed by atoms with Gasteiger partial charge in [0.2, 0.25) is 11.5 Å². The first-order valence-electron chi connectivity index (χ1n) is 8.15. The summed E-state index contributed by atoms with van der Waals surface area (Å²) in [4.78, 5) is 1.03. The van der Waals surface area contributed by atoms with E-state index in [0.29, 0.717) is 23.0 Å². The van der Waals surface area contributed by atoms with Crippen molar-refractivity contribution in [2.24, 2.45) is 0 Å². The minimum absolute atomic E-state index is 0.466. The van der Waals surface area contributed by atoms with E-state index in [4.69, 9.17) is 23.7 Å². The molecule has 7 heteroatoms. The van der Waals surface area contributed by atoms with Gasteiger partial charge >= 0.3 is 0 Å². The highest BCUT2D eigenvalue weighted by atomic mass is 32.1. The highest BCUT2D eigenvalue weighted by molar-refractivity contribution is 7.09. The van der Waals surface area contributed by atoms with Gasteiger partial charge in [-0.2, -0.15) is 4.37 Å². The lowest BCUT2D eigenvalue weighted by atomic mass is 10.1. The summed E-state index contributed by atoms with van der Waals surface area (Å²) in [5.74, 6) is 2.85. The maximum Gasteiger partial charge on any atom is 0.207 e. The lowest BCUT2D eigenvalue weighted by Crippen LogP contribution is -1.99. The molecule has 0 aliphatic carbocycles. The van der Waals surface area contributed by atoms with Gasteiger partial charge in [-0.25, -0.2) is 0 Å². The van der Waals surface area contributed by atoms with E-state index in [9.17, 15) is 0 Å². The number of rotatable bonds is 7. The lowest BCUT2D eigenvalue weighted by Gasteiger charge is -2.17. The summed E-state index contributed by atoms with van der Waals surface area (Å²) in [5.41, 5.74) is 2.59. The van der Waals surface area contributed by atoms with Crippen LogP contribution in [0, 0.1) is 0 Å². The van der Waals surface area contributed by atoms with Crippen molar-refractivity contribution in [2.45, 2.75) is 0 Å². The Hall–Kier alpha value is -2.93. The van der Waals surface area contributed by atoms with E-state index < -0.39 is 0 Å². The second kappa shape index (κ2) is 8.18. The summed E-state index contributed by atoms with van der Waals surface area (Å²) in [6.45, 7) is 0. The van der Waals surface area contributed by atoms with Crippen molar-refractivity contribution in [3.05, 3.63) is 36.4 Å². The number of benzene rings is 2. The largest absolute Gasteiger partial charge is 0.497 e. The highest BCUT2D eigenvalue weighted by Crippen LogP contribution is 2.50. The van der Waals surface area contributed by atoms with Crippen molar-refractivity contribution in [3.8, 4) is 50.4 Å². The van der Waals surface area contributed by atoms with Crippen LogP contribution < -0.4 is 23.7 Å². The molecule has 142 valence electrons. The number of hydrogen-bond acceptors (Lipinski definition) is 7. The smallest absolute Gasteiger partial charge is 0.207 e. The Morgan fingerprint density at radius 2 is 1.37 bits per heavy atom. The van der Waals surface area contributed by atoms with E-state index in [0.717, 1.165) is 27.4 Å². The zero-order valence-electron chi connectivity index (χ0n) is 15.9. The van der Waals surface area contributed by atoms with Gasteiger partial charge in [0.05, 0.1) is 51.7 Å². The molecule has 0 atom stereocenters. The molecule has 0 aliphatic heterocycles. The van der Waals surface area contributed by atoms with Crippen molar-refractivity contribution < 1.29 is 23.7 Å². The Bertz CT molecular complexity index is 921. The Morgan fingerprint density at radius 1 is 0.704 bits per heavy atom. The molecule has 3 aromatic rings. The van der Waals surface area contributed by atoms with Gasteiger partial charge in [-0.3, -0.25) is 0 Å². The lowest BCUT2D eigenvalue weighted by molar-refractivity contribution is 0.306. The predicted octanol–water partition coefficient (Wildman–Crippen LogP) is 4.52. The minimum Gasteiger partial charge on any atom is -0.497 e. The molecule has 1 aromatic heterocycles. The fourth-order valence-corrected chi connectivity index (χ4v) is 3.57. The Morgan fingerprint density at radius 3 is 1.93 bits per heavy atom. The van der Waals surface area contributed by atoms with E-state index >= 15 is 0 Å². The molecule has 0 fully saturated rings. The van der Waals surface area contributed by atoms with Gasteiger partial charge < -0.3 is 23.7 Å². The van der Waals surface area contributed by atoms with E-state index in [1.54, 1.807) is 35.5 Å². The van der Waals surface area contributed by atoms with Crippen LogP contribution in [-0.2, 0) is 0 Å². The van der Waals surface area contributed by atoms with Crippen LogP contribution in [0.2, 0.25) is 0 Å². The summed E-state index contributed by atoms with van der Waals surface area (Å²) in [6.07, 6.45) is 0. The summed E-state index contributed by atoms with van der Waals surface area (Å²) >= 11 is 1.41. The van der Waals surface area contributed by atoms with Crippen LogP contribution in [0.25, 0.3) is 21.7 Å². The standard InChI is InChI=1S/C20H21NO5S/c1-22-13-8-6-12(7-9-13)17-11-15(21-27-17)14-10-16(23-2)19(25-4)20(26-5)18(14)24-3/h6-11H,1-5H3. The third-order valence-corrected chi connectivity index (χ3v) is 4.99. The van der Waals surface area contributed by atoms with Crippen LogP contribution in [0.4, 0.5) is 0 Å². The molecule has 0 saturated heterocycles. The fourth-order valence-electron chi connectivity index (χ4n) is 2.82. The second-order valence-electron chi connectivity index (χ2n) is 5.53. The molecule has 0 saturated carbocycles. The van der Waals surface area contributed by atoms with Crippen LogP contribution in [0.15, 0.2) is 36.4 Å². The third kappa shape index (κ3) is 3.50. The van der Waals surface area contributed by atoms with Crippen LogP contribution in [0.1, 0.15) is 0 Å². The van der Waals surface area contributed by atoms with Crippen LogP contribution in [0.5, 0.6) is 28.7 Å². The van der Waals surface area contributed by atoms with E-state index in [2.05, 4.69) is 4.37 Å². The van der Waals surface area contributed by atoms with Gasteiger partial charge in [-0.1, -0.05) is 0 Å². The van der Waals surface area contributed by atoms with Crippen molar-refractivity contribution in [3.63, 3.8) is 0 Å². The topological polar surface area (TPSA) is 59.0 Å². The Labute approximate surface area is 162 Å². The number of ether oxygens (including phenoxy) is 5. The van der Waals surface area contributed by atoms with E-state index in [1.807, 2.05) is 36.4 Å². The van der Waals surface area contributed by atoms with Gasteiger partial charge in [-0.15, -0.1) is 0 Å². The van der Waals surface area contributed by atoms with E-state index in [-0.39, 0.29) is 0 Å². The average Bonchev–Trinajstić information content (AvgIpc) is 3.21. The molecule has 2 aromatic carbocycles. The third-order valence-electron chi connectivity index (χ3n) is 4.15. The zero-order chi connectivity index (χ0) is 19.4. The molecular weight excluding hydrogens is 366 g/mol. The van der Waals surface area contributed by atoms with Gasteiger partial charge in [0.15, 0.2) is 11.5 Å². The van der Waals surface area contributed by atoms with Crippen molar-refractivity contribution >= 4 is 11.5 Å². The van der Waals surface area contributed by atoms with Crippen LogP contribution >= 0.6 is 11.5 Å². The normalized spacial score (nSPS) is 10.4. The van der Waals surface area contributed by atoms with Gasteiger partial charge in [0, 0.05) is 0 Å². The van der Waals surface area contributed by atoms with Crippen molar-refractivity contribution in [2.75, 3.05) is 35.5 Å². The zero-order valence-corrected chi connectivity index (χ0v) is 16.7. The molecule has 0 bridgehead atoms. The first-order chi connectivity index (χ1) is 13.2. The summed E-state index contributed by atoms with van der Waals surface area (Å²) < 4.78 is 31.8. The van der Waals surface area contributed by atoms with Crippen LogP contribution in [0.3, 0.4) is 0 Å². The van der Waals surface area contributed by atoms with Crippen LogP contribution in [-0.4, -0.2) is 39.9 Å². The fraction of sp³-hybridized carbons (Fsp3) is 0.250. The van der Waals surface area contributed by atoms with Crippen molar-refractivity contribution in [1.82, 2.24) is 4.37 Å². The quantitative estimate of drug-likeness (QED) is 0.594. The van der Waals surface area contributed by atoms with Gasteiger partial charge in [0.1, 0.15) is 5.75 Å². The monoisotopic (exact) mass is 387 g/mol. The number of methoxy groups -OCH3 is 5. The molecule has 0 radical (unpaired) electrons. The maximum atomic E-state index is 5.60. The van der Waals surface area contributed by atoms with E-state index in [1.165, 1.54) is 11.5 Å². The molecule has 1 heterocycles. The average molecular weight is 387 g/mol. The van der Waals surface area contributed by atoms with Gasteiger partial charge in [-0.05, 0) is 53.5 Å². The first kappa shape index (κ1) is 18.8. The molecule has 0 spiro atoms.